The van der Waals surface area contributed by atoms with E-state index in [9.17, 15) is 9.59 Å². The Kier molecular flexibility index (Phi) is 4.62. The van der Waals surface area contributed by atoms with Gasteiger partial charge < -0.3 is 10.2 Å². The Bertz CT molecular complexity index is 832. The van der Waals surface area contributed by atoms with E-state index in [2.05, 4.69) is 5.32 Å². The lowest BCUT2D eigenvalue weighted by Crippen LogP contribution is -2.34. The topological polar surface area (TPSA) is 49.4 Å². The van der Waals surface area contributed by atoms with Crippen molar-refractivity contribution in [3.05, 3.63) is 58.1 Å². The number of rotatable bonds is 3. The molecular formula is C21H24N2O2. The quantitative estimate of drug-likeness (QED) is 0.915. The zero-order valence-corrected chi connectivity index (χ0v) is 15.3. The molecule has 130 valence electrons. The van der Waals surface area contributed by atoms with Gasteiger partial charge in [-0.1, -0.05) is 17.7 Å². The zero-order valence-electron chi connectivity index (χ0n) is 15.3. The largest absolute Gasteiger partial charge is 0.322 e. The highest BCUT2D eigenvalue weighted by atomic mass is 16.2. The van der Waals surface area contributed by atoms with Crippen molar-refractivity contribution >= 4 is 23.2 Å². The maximum Gasteiger partial charge on any atom is 0.256 e. The number of benzene rings is 2. The molecule has 4 nitrogen and oxygen atoms in total. The normalized spacial score (nSPS) is 13.6. The number of hydrogen-bond donors (Lipinski definition) is 1. The maximum atomic E-state index is 12.7. The number of amides is 2. The third-order valence-corrected chi connectivity index (χ3v) is 4.76. The molecule has 1 aliphatic heterocycles. The minimum atomic E-state index is -0.0887. The van der Waals surface area contributed by atoms with Gasteiger partial charge in [0.05, 0.1) is 0 Å². The van der Waals surface area contributed by atoms with Gasteiger partial charge >= 0.3 is 0 Å². The van der Waals surface area contributed by atoms with Crippen LogP contribution in [0.2, 0.25) is 0 Å². The lowest BCUT2D eigenvalue weighted by Gasteiger charge is -2.28. The average Bonchev–Trinajstić information content (AvgIpc) is 2.54. The number of nitrogens with zero attached hydrogens (tertiary/aromatic N) is 1. The van der Waals surface area contributed by atoms with E-state index in [0.29, 0.717) is 13.0 Å². The molecule has 4 heteroatoms. The van der Waals surface area contributed by atoms with Gasteiger partial charge in [0, 0.05) is 29.9 Å². The Labute approximate surface area is 148 Å². The van der Waals surface area contributed by atoms with Crippen LogP contribution in [0, 0.1) is 20.8 Å². The highest BCUT2D eigenvalue weighted by Gasteiger charge is 2.23. The van der Waals surface area contributed by atoms with Crippen LogP contribution in [0.15, 0.2) is 30.3 Å². The average molecular weight is 336 g/mol. The van der Waals surface area contributed by atoms with Crippen LogP contribution in [0.25, 0.3) is 0 Å². The van der Waals surface area contributed by atoms with Crippen molar-refractivity contribution in [1.82, 2.24) is 0 Å². The van der Waals surface area contributed by atoms with E-state index >= 15 is 0 Å². The van der Waals surface area contributed by atoms with Crippen LogP contribution < -0.4 is 10.2 Å². The summed E-state index contributed by atoms with van der Waals surface area (Å²) in [6.07, 6.45) is 1.24. The highest BCUT2D eigenvalue weighted by molar-refractivity contribution is 6.06. The van der Waals surface area contributed by atoms with Crippen LogP contribution in [-0.4, -0.2) is 18.4 Å². The van der Waals surface area contributed by atoms with Gasteiger partial charge in [0.15, 0.2) is 0 Å². The number of hydrogen-bond acceptors (Lipinski definition) is 2. The second-order valence-electron chi connectivity index (χ2n) is 6.71. The van der Waals surface area contributed by atoms with E-state index in [0.717, 1.165) is 45.6 Å². The van der Waals surface area contributed by atoms with Gasteiger partial charge in [-0.3, -0.25) is 9.59 Å². The third-order valence-electron chi connectivity index (χ3n) is 4.76. The van der Waals surface area contributed by atoms with Crippen molar-refractivity contribution in [2.24, 2.45) is 0 Å². The van der Waals surface area contributed by atoms with E-state index in [1.807, 2.05) is 58.0 Å². The van der Waals surface area contributed by atoms with Gasteiger partial charge in [-0.05, 0) is 69.0 Å². The molecule has 0 radical (unpaired) electrons. The van der Waals surface area contributed by atoms with Crippen molar-refractivity contribution in [1.29, 1.82) is 0 Å². The first kappa shape index (κ1) is 17.2. The summed E-state index contributed by atoms with van der Waals surface area (Å²) in [5.74, 6) is 0.0758. The number of nitrogens with one attached hydrogen (secondary N) is 1. The fourth-order valence-corrected chi connectivity index (χ4v) is 3.72. The lowest BCUT2D eigenvalue weighted by atomic mass is 9.98. The number of fused-ring (bicyclic) bond motifs is 1. The fraction of sp³-hybridized carbons (Fsp3) is 0.333. The molecule has 2 aromatic rings. The van der Waals surface area contributed by atoms with Crippen LogP contribution in [0.1, 0.15) is 46.0 Å². The van der Waals surface area contributed by atoms with Crippen LogP contribution in [0.3, 0.4) is 0 Å². The molecule has 0 unspecified atom stereocenters. The van der Waals surface area contributed by atoms with Gasteiger partial charge in [0.25, 0.3) is 5.91 Å². The molecule has 1 heterocycles. The van der Waals surface area contributed by atoms with Crippen LogP contribution in [-0.2, 0) is 11.2 Å². The summed E-state index contributed by atoms with van der Waals surface area (Å²) in [5.41, 5.74) is 6.69. The fourth-order valence-electron chi connectivity index (χ4n) is 3.72. The first-order valence-electron chi connectivity index (χ1n) is 8.73. The Morgan fingerprint density at radius 3 is 2.40 bits per heavy atom. The molecule has 0 atom stereocenters. The van der Waals surface area contributed by atoms with Gasteiger partial charge in [-0.2, -0.15) is 0 Å². The highest BCUT2D eigenvalue weighted by Crippen LogP contribution is 2.30. The molecule has 25 heavy (non-hydrogen) atoms. The molecule has 0 bridgehead atoms. The number of carbonyl (C=O) groups excluding carboxylic acids is 2. The third kappa shape index (κ3) is 3.29. The molecule has 0 aromatic heterocycles. The number of anilines is 2. The second kappa shape index (κ2) is 6.71. The molecule has 0 fully saturated rings. The molecule has 2 aromatic carbocycles. The van der Waals surface area contributed by atoms with Crippen LogP contribution in [0.5, 0.6) is 0 Å². The van der Waals surface area contributed by atoms with E-state index in [-0.39, 0.29) is 11.8 Å². The van der Waals surface area contributed by atoms with E-state index in [1.165, 1.54) is 0 Å². The van der Waals surface area contributed by atoms with Crippen molar-refractivity contribution < 1.29 is 9.59 Å². The molecule has 0 saturated carbocycles. The van der Waals surface area contributed by atoms with Crippen molar-refractivity contribution in [2.75, 3.05) is 16.8 Å². The Hall–Kier alpha value is -2.62. The molecule has 2 amide bonds. The Morgan fingerprint density at radius 1 is 1.08 bits per heavy atom. The smallest absolute Gasteiger partial charge is 0.256 e. The predicted molar refractivity (Wildman–Crippen MR) is 101 cm³/mol. The molecule has 1 aliphatic rings. The van der Waals surface area contributed by atoms with E-state index in [4.69, 9.17) is 0 Å². The summed E-state index contributed by atoms with van der Waals surface area (Å²) in [6, 6.07) is 9.84. The summed E-state index contributed by atoms with van der Waals surface area (Å²) >= 11 is 0. The zero-order chi connectivity index (χ0) is 18.1. The predicted octanol–water partition coefficient (Wildman–Crippen LogP) is 4.16. The number of aryl methyl sites for hydroxylation is 4. The van der Waals surface area contributed by atoms with E-state index < -0.39 is 0 Å². The molecule has 1 N–H and O–H groups in total. The van der Waals surface area contributed by atoms with Crippen LogP contribution in [0.4, 0.5) is 11.4 Å². The molecule has 0 saturated heterocycles. The van der Waals surface area contributed by atoms with Gasteiger partial charge in [0.2, 0.25) is 5.91 Å². The van der Waals surface area contributed by atoms with Crippen molar-refractivity contribution in [3.63, 3.8) is 0 Å². The van der Waals surface area contributed by atoms with Gasteiger partial charge in [-0.15, -0.1) is 0 Å². The van der Waals surface area contributed by atoms with Gasteiger partial charge in [0.1, 0.15) is 0 Å². The lowest BCUT2D eigenvalue weighted by molar-refractivity contribution is -0.118. The van der Waals surface area contributed by atoms with Crippen molar-refractivity contribution in [3.8, 4) is 0 Å². The first-order valence-corrected chi connectivity index (χ1v) is 8.73. The number of carbonyl (C=O) groups is 2. The van der Waals surface area contributed by atoms with Crippen molar-refractivity contribution in [2.45, 2.75) is 40.5 Å². The minimum Gasteiger partial charge on any atom is -0.322 e. The first-order chi connectivity index (χ1) is 11.9. The standard InChI is InChI=1S/C21H24N2O2/c1-5-23-18-8-7-17(12-16(18)6-9-19(23)24)22-21(25)20-14(3)10-13(2)11-15(20)4/h7-8,10-12H,5-6,9H2,1-4H3,(H,22,25). The Balaban J connectivity index is 1.87. The van der Waals surface area contributed by atoms with E-state index in [1.54, 1.807) is 4.90 Å². The maximum absolute atomic E-state index is 12.7. The molecule has 0 spiro atoms. The van der Waals surface area contributed by atoms with Gasteiger partial charge in [-0.25, -0.2) is 0 Å². The summed E-state index contributed by atoms with van der Waals surface area (Å²) in [6.45, 7) is 8.61. The van der Waals surface area contributed by atoms with Crippen LogP contribution >= 0.6 is 0 Å². The second-order valence-corrected chi connectivity index (χ2v) is 6.71. The summed E-state index contributed by atoms with van der Waals surface area (Å²) in [5, 5.41) is 3.01. The SMILES string of the molecule is CCN1C(=O)CCc2cc(NC(=O)c3c(C)cc(C)cc3C)ccc21. The Morgan fingerprint density at radius 2 is 1.76 bits per heavy atom. The summed E-state index contributed by atoms with van der Waals surface area (Å²) in [4.78, 5) is 26.5. The molecule has 3 rings (SSSR count). The summed E-state index contributed by atoms with van der Waals surface area (Å²) in [7, 11) is 0. The molecule has 0 aliphatic carbocycles. The monoisotopic (exact) mass is 336 g/mol. The molecular weight excluding hydrogens is 312 g/mol. The summed E-state index contributed by atoms with van der Waals surface area (Å²) < 4.78 is 0. The minimum absolute atomic E-state index is 0.0887.